The molecule has 7 heteroatoms. The number of carbonyl (C=O) groups excluding carboxylic acids is 1. The number of H-pyrrole nitrogens is 1. The van der Waals surface area contributed by atoms with Gasteiger partial charge < -0.3 is 11.1 Å². The number of hydrogen-bond donors (Lipinski definition) is 3. The predicted octanol–water partition coefficient (Wildman–Crippen LogP) is 2.87. The van der Waals surface area contributed by atoms with E-state index in [1.165, 1.54) is 0 Å². The standard InChI is InChI=1S/C13H18N4OS.ClH/c1-3-8(2)12(14)13(18)15-11-7-9(16-17-11)10-5-4-6-19-10;/h4-8,12H,3,14H2,1-2H3,(H2,15,16,17,18);1H. The Balaban J connectivity index is 0.00000200. The summed E-state index contributed by atoms with van der Waals surface area (Å²) in [5.41, 5.74) is 6.76. The van der Waals surface area contributed by atoms with Crippen molar-refractivity contribution < 1.29 is 4.79 Å². The van der Waals surface area contributed by atoms with E-state index in [4.69, 9.17) is 5.73 Å². The van der Waals surface area contributed by atoms with Gasteiger partial charge in [-0.25, -0.2) is 0 Å². The Bertz CT molecular complexity index is 540. The van der Waals surface area contributed by atoms with Crippen molar-refractivity contribution in [1.29, 1.82) is 0 Å². The average Bonchev–Trinajstić information content (AvgIpc) is 3.06. The number of nitrogens with one attached hydrogen (secondary N) is 2. The molecular weight excluding hydrogens is 296 g/mol. The zero-order valence-corrected chi connectivity index (χ0v) is 13.1. The SMILES string of the molecule is CCC(C)C(N)C(=O)Nc1cc(-c2cccs2)[nH]n1.Cl. The Kier molecular flexibility index (Phi) is 6.19. The lowest BCUT2D eigenvalue weighted by molar-refractivity contribution is -0.118. The van der Waals surface area contributed by atoms with Crippen LogP contribution >= 0.6 is 23.7 Å². The molecule has 0 bridgehead atoms. The van der Waals surface area contributed by atoms with Gasteiger partial charge in [0.1, 0.15) is 0 Å². The van der Waals surface area contributed by atoms with E-state index in [0.29, 0.717) is 5.82 Å². The first-order valence-corrected chi connectivity index (χ1v) is 7.15. The average molecular weight is 315 g/mol. The molecule has 0 aliphatic rings. The third-order valence-corrected chi connectivity index (χ3v) is 4.08. The zero-order chi connectivity index (χ0) is 13.8. The largest absolute Gasteiger partial charge is 0.320 e. The number of hydrogen-bond acceptors (Lipinski definition) is 4. The quantitative estimate of drug-likeness (QED) is 0.793. The van der Waals surface area contributed by atoms with Gasteiger partial charge in [0.05, 0.1) is 16.6 Å². The minimum absolute atomic E-state index is 0. The Hall–Kier alpha value is -1.37. The van der Waals surface area contributed by atoms with Crippen LogP contribution in [0.2, 0.25) is 0 Å². The molecule has 4 N–H and O–H groups in total. The molecule has 2 aromatic heterocycles. The highest BCUT2D eigenvalue weighted by molar-refractivity contribution is 7.13. The fraction of sp³-hybridized carbons (Fsp3) is 0.385. The summed E-state index contributed by atoms with van der Waals surface area (Å²) in [6.07, 6.45) is 0.871. The molecule has 5 nitrogen and oxygen atoms in total. The third-order valence-electron chi connectivity index (χ3n) is 3.18. The Morgan fingerprint density at radius 1 is 1.60 bits per heavy atom. The molecule has 2 aromatic rings. The van der Waals surface area contributed by atoms with E-state index in [2.05, 4.69) is 15.5 Å². The number of aromatic nitrogens is 2. The number of nitrogens with two attached hydrogens (primary N) is 1. The fourth-order valence-electron chi connectivity index (χ4n) is 1.67. The van der Waals surface area contributed by atoms with Gasteiger partial charge in [-0.3, -0.25) is 9.89 Å². The van der Waals surface area contributed by atoms with E-state index in [1.807, 2.05) is 37.4 Å². The second-order valence-corrected chi connectivity index (χ2v) is 5.49. The van der Waals surface area contributed by atoms with Crippen LogP contribution in [-0.4, -0.2) is 22.1 Å². The molecule has 110 valence electrons. The van der Waals surface area contributed by atoms with Gasteiger partial charge in [-0.05, 0) is 17.4 Å². The van der Waals surface area contributed by atoms with Gasteiger partial charge in [-0.15, -0.1) is 23.7 Å². The number of anilines is 1. The second-order valence-electron chi connectivity index (χ2n) is 4.54. The first-order chi connectivity index (χ1) is 9.11. The maximum Gasteiger partial charge on any atom is 0.242 e. The summed E-state index contributed by atoms with van der Waals surface area (Å²) < 4.78 is 0. The van der Waals surface area contributed by atoms with Gasteiger partial charge in [-0.2, -0.15) is 5.10 Å². The first kappa shape index (κ1) is 16.7. The Labute approximate surface area is 128 Å². The number of carbonyl (C=O) groups is 1. The molecule has 2 rings (SSSR count). The lowest BCUT2D eigenvalue weighted by Crippen LogP contribution is -2.40. The molecule has 0 spiro atoms. The smallest absolute Gasteiger partial charge is 0.242 e. The van der Waals surface area contributed by atoms with Gasteiger partial charge in [0.2, 0.25) is 5.91 Å². The van der Waals surface area contributed by atoms with Crippen LogP contribution in [0.3, 0.4) is 0 Å². The van der Waals surface area contributed by atoms with Crippen molar-refractivity contribution in [2.45, 2.75) is 26.3 Å². The van der Waals surface area contributed by atoms with Crippen molar-refractivity contribution in [1.82, 2.24) is 10.2 Å². The van der Waals surface area contributed by atoms with Crippen LogP contribution in [0.25, 0.3) is 10.6 Å². The number of aromatic amines is 1. The summed E-state index contributed by atoms with van der Waals surface area (Å²) in [4.78, 5) is 13.0. The number of rotatable bonds is 5. The summed E-state index contributed by atoms with van der Waals surface area (Å²) in [5.74, 6) is 0.460. The second kappa shape index (κ2) is 7.42. The molecule has 1 amide bonds. The van der Waals surface area contributed by atoms with Crippen LogP contribution in [-0.2, 0) is 4.79 Å². The number of halogens is 1. The molecule has 2 heterocycles. The van der Waals surface area contributed by atoms with Gasteiger partial charge in [0.15, 0.2) is 5.82 Å². The lowest BCUT2D eigenvalue weighted by atomic mass is 9.99. The molecule has 2 unspecified atom stereocenters. The third kappa shape index (κ3) is 3.82. The number of nitrogens with zero attached hydrogens (tertiary/aromatic N) is 1. The zero-order valence-electron chi connectivity index (χ0n) is 11.4. The van der Waals surface area contributed by atoms with Crippen LogP contribution in [0.15, 0.2) is 23.6 Å². The summed E-state index contributed by atoms with van der Waals surface area (Å²) in [6.45, 7) is 3.98. The summed E-state index contributed by atoms with van der Waals surface area (Å²) in [5, 5.41) is 11.7. The molecule has 0 aromatic carbocycles. The van der Waals surface area contributed by atoms with E-state index >= 15 is 0 Å². The molecule has 0 fully saturated rings. The highest BCUT2D eigenvalue weighted by Crippen LogP contribution is 2.24. The van der Waals surface area contributed by atoms with Crippen molar-refractivity contribution in [2.75, 3.05) is 5.32 Å². The van der Waals surface area contributed by atoms with Gasteiger partial charge in [-0.1, -0.05) is 26.3 Å². The van der Waals surface area contributed by atoms with Gasteiger partial charge in [0.25, 0.3) is 0 Å². The molecule has 0 aliphatic carbocycles. The minimum atomic E-state index is -0.508. The summed E-state index contributed by atoms with van der Waals surface area (Å²) >= 11 is 1.61. The van der Waals surface area contributed by atoms with Crippen LogP contribution < -0.4 is 11.1 Å². The minimum Gasteiger partial charge on any atom is -0.320 e. The highest BCUT2D eigenvalue weighted by atomic mass is 35.5. The van der Waals surface area contributed by atoms with Gasteiger partial charge in [0, 0.05) is 6.07 Å². The maximum atomic E-state index is 11.9. The predicted molar refractivity (Wildman–Crippen MR) is 85.2 cm³/mol. The van der Waals surface area contributed by atoms with Gasteiger partial charge >= 0.3 is 0 Å². The first-order valence-electron chi connectivity index (χ1n) is 6.27. The van der Waals surface area contributed by atoms with E-state index < -0.39 is 6.04 Å². The molecule has 0 aliphatic heterocycles. The normalized spacial score (nSPS) is 13.3. The summed E-state index contributed by atoms with van der Waals surface area (Å²) in [6, 6.07) is 5.27. The van der Waals surface area contributed by atoms with Crippen LogP contribution in [0.1, 0.15) is 20.3 Å². The molecule has 0 saturated heterocycles. The van der Waals surface area contributed by atoms with E-state index in [0.717, 1.165) is 17.0 Å². The summed E-state index contributed by atoms with van der Waals surface area (Å²) in [7, 11) is 0. The number of thiophene rings is 1. The van der Waals surface area contributed by atoms with Crippen molar-refractivity contribution in [3.05, 3.63) is 23.6 Å². The van der Waals surface area contributed by atoms with Crippen LogP contribution in [0, 0.1) is 5.92 Å². The Morgan fingerprint density at radius 3 is 2.95 bits per heavy atom. The highest BCUT2D eigenvalue weighted by Gasteiger charge is 2.20. The van der Waals surface area contributed by atoms with E-state index in [-0.39, 0.29) is 24.2 Å². The molecule has 0 saturated carbocycles. The van der Waals surface area contributed by atoms with Crippen molar-refractivity contribution >= 4 is 35.5 Å². The number of amides is 1. The van der Waals surface area contributed by atoms with Crippen molar-refractivity contribution in [3.8, 4) is 10.6 Å². The monoisotopic (exact) mass is 314 g/mol. The van der Waals surface area contributed by atoms with Crippen LogP contribution in [0.4, 0.5) is 5.82 Å². The van der Waals surface area contributed by atoms with Crippen LogP contribution in [0.5, 0.6) is 0 Å². The maximum absolute atomic E-state index is 11.9. The van der Waals surface area contributed by atoms with E-state index in [1.54, 1.807) is 11.3 Å². The topological polar surface area (TPSA) is 83.8 Å². The van der Waals surface area contributed by atoms with Crippen molar-refractivity contribution in [3.63, 3.8) is 0 Å². The molecule has 0 radical (unpaired) electrons. The molecular formula is C13H19ClN4OS. The van der Waals surface area contributed by atoms with E-state index in [9.17, 15) is 4.79 Å². The fourth-order valence-corrected chi connectivity index (χ4v) is 2.36. The molecule has 2 atom stereocenters. The van der Waals surface area contributed by atoms with Crippen molar-refractivity contribution in [2.24, 2.45) is 11.7 Å². The molecule has 20 heavy (non-hydrogen) atoms. The Morgan fingerprint density at radius 2 is 2.35 bits per heavy atom. The lowest BCUT2D eigenvalue weighted by Gasteiger charge is -2.16.